The summed E-state index contributed by atoms with van der Waals surface area (Å²) in [4.78, 5) is 46.9. The van der Waals surface area contributed by atoms with Crippen LogP contribution in [-0.2, 0) is 19.1 Å². The van der Waals surface area contributed by atoms with Gasteiger partial charge in [0.1, 0.15) is 12.6 Å². The first kappa shape index (κ1) is 24.1. The van der Waals surface area contributed by atoms with Crippen LogP contribution in [-0.4, -0.2) is 53.6 Å². The molecule has 9 nitrogen and oxygen atoms in total. The number of ether oxygens (including phenoxy) is 1. The molecule has 1 aliphatic carbocycles. The molecule has 0 heterocycles. The van der Waals surface area contributed by atoms with Gasteiger partial charge >= 0.3 is 18.0 Å². The minimum absolute atomic E-state index is 0.0721. The molecule has 0 spiro atoms. The number of carboxylic acid groups (broad SMARTS) is 1. The molecule has 1 aliphatic rings. The van der Waals surface area contributed by atoms with Crippen LogP contribution in [0.1, 0.15) is 29.9 Å². The minimum Gasteiger partial charge on any atom is -0.474 e. The van der Waals surface area contributed by atoms with E-state index in [0.29, 0.717) is 6.42 Å². The highest BCUT2D eigenvalue weighted by molar-refractivity contribution is 7.98. The van der Waals surface area contributed by atoms with Gasteiger partial charge in [-0.3, -0.25) is 15.0 Å². The highest BCUT2D eigenvalue weighted by Crippen LogP contribution is 2.44. The molecular weight excluding hydrogens is 446 g/mol. The van der Waals surface area contributed by atoms with Crippen molar-refractivity contribution in [3.63, 3.8) is 0 Å². The summed E-state index contributed by atoms with van der Waals surface area (Å²) in [5.41, 5.74) is 8.66. The third kappa shape index (κ3) is 6.04. The van der Waals surface area contributed by atoms with Crippen LogP contribution in [0, 0.1) is 0 Å². The van der Waals surface area contributed by atoms with Gasteiger partial charge < -0.3 is 15.2 Å². The van der Waals surface area contributed by atoms with E-state index in [4.69, 9.17) is 9.84 Å². The van der Waals surface area contributed by atoms with E-state index in [1.54, 1.807) is 11.8 Å². The molecule has 0 saturated heterocycles. The standard InChI is InChI=1S/C23H25N3O6S/c1-33-12-6-11-19(24-21(28)22(29)30)20(27)25-26-23(31)32-13-18-16-9-4-2-7-14(16)15-8-3-5-10-17(15)18/h2-5,7-10,18-19H,6,11-13H2,1H3,(H,24,28)(H,25,27)(H,26,31)(H,29,30). The molecule has 3 amide bonds. The van der Waals surface area contributed by atoms with Crippen LogP contribution in [0.3, 0.4) is 0 Å². The van der Waals surface area contributed by atoms with Crippen LogP contribution in [0.5, 0.6) is 0 Å². The Balaban J connectivity index is 1.55. The summed E-state index contributed by atoms with van der Waals surface area (Å²) in [7, 11) is 0. The summed E-state index contributed by atoms with van der Waals surface area (Å²) in [5.74, 6) is -3.12. The second-order valence-electron chi connectivity index (χ2n) is 7.41. The molecule has 0 aromatic heterocycles. The number of amides is 3. The number of hydrogen-bond acceptors (Lipinski definition) is 6. The first-order valence-electron chi connectivity index (χ1n) is 10.4. The number of nitrogens with one attached hydrogen (secondary N) is 3. The largest absolute Gasteiger partial charge is 0.474 e. The minimum atomic E-state index is -1.69. The molecule has 0 saturated carbocycles. The summed E-state index contributed by atoms with van der Waals surface area (Å²) < 4.78 is 5.34. The van der Waals surface area contributed by atoms with Crippen molar-refractivity contribution in [3.8, 4) is 11.1 Å². The van der Waals surface area contributed by atoms with E-state index in [1.165, 1.54) is 0 Å². The van der Waals surface area contributed by atoms with Gasteiger partial charge in [0, 0.05) is 5.92 Å². The fourth-order valence-corrected chi connectivity index (χ4v) is 4.21. The molecule has 0 radical (unpaired) electrons. The second kappa shape index (κ2) is 11.4. The molecule has 1 unspecified atom stereocenters. The van der Waals surface area contributed by atoms with E-state index in [0.717, 1.165) is 28.0 Å². The van der Waals surface area contributed by atoms with Gasteiger partial charge in [-0.25, -0.2) is 15.0 Å². The highest BCUT2D eigenvalue weighted by Gasteiger charge is 2.29. The molecular formula is C23H25N3O6S. The monoisotopic (exact) mass is 471 g/mol. The van der Waals surface area contributed by atoms with Crippen molar-refractivity contribution in [1.29, 1.82) is 0 Å². The van der Waals surface area contributed by atoms with Crippen molar-refractivity contribution in [2.45, 2.75) is 24.8 Å². The number of benzene rings is 2. The molecule has 0 bridgehead atoms. The molecule has 4 N–H and O–H groups in total. The van der Waals surface area contributed by atoms with Crippen molar-refractivity contribution in [2.24, 2.45) is 0 Å². The van der Waals surface area contributed by atoms with Crippen molar-refractivity contribution in [1.82, 2.24) is 16.2 Å². The number of carboxylic acids is 1. The maximum Gasteiger partial charge on any atom is 0.426 e. The van der Waals surface area contributed by atoms with Gasteiger partial charge in [0.25, 0.3) is 5.91 Å². The van der Waals surface area contributed by atoms with E-state index in [9.17, 15) is 19.2 Å². The zero-order valence-electron chi connectivity index (χ0n) is 18.0. The van der Waals surface area contributed by atoms with Crippen molar-refractivity contribution < 1.29 is 29.0 Å². The van der Waals surface area contributed by atoms with Gasteiger partial charge in [-0.15, -0.1) is 0 Å². The van der Waals surface area contributed by atoms with Gasteiger partial charge in [-0.05, 0) is 47.1 Å². The normalized spacial score (nSPS) is 12.8. The molecule has 3 rings (SSSR count). The van der Waals surface area contributed by atoms with E-state index < -0.39 is 29.9 Å². The zero-order chi connectivity index (χ0) is 23.8. The van der Waals surface area contributed by atoms with E-state index in [1.807, 2.05) is 54.8 Å². The molecule has 174 valence electrons. The maximum absolute atomic E-state index is 12.4. The summed E-state index contributed by atoms with van der Waals surface area (Å²) in [6.45, 7) is 0.0721. The van der Waals surface area contributed by atoms with E-state index >= 15 is 0 Å². The maximum atomic E-state index is 12.4. The fraction of sp³-hybridized carbons (Fsp3) is 0.304. The Kier molecular flexibility index (Phi) is 8.31. The number of hydrazine groups is 1. The predicted molar refractivity (Wildman–Crippen MR) is 124 cm³/mol. The Labute approximate surface area is 195 Å². The molecule has 2 aromatic carbocycles. The molecule has 1 atom stereocenters. The van der Waals surface area contributed by atoms with Crippen LogP contribution in [0.4, 0.5) is 4.79 Å². The SMILES string of the molecule is CSCCCC(NC(=O)C(=O)O)C(=O)NNC(=O)OCC1c2ccccc2-c2ccccc21. The highest BCUT2D eigenvalue weighted by atomic mass is 32.2. The first-order valence-corrected chi connectivity index (χ1v) is 11.7. The van der Waals surface area contributed by atoms with Gasteiger partial charge in [0.2, 0.25) is 0 Å². The Bertz CT molecular complexity index is 999. The van der Waals surface area contributed by atoms with Crippen LogP contribution >= 0.6 is 11.8 Å². The fourth-order valence-electron chi connectivity index (χ4n) is 3.75. The lowest BCUT2D eigenvalue weighted by molar-refractivity contribution is -0.151. The quantitative estimate of drug-likeness (QED) is 0.264. The Morgan fingerprint density at radius 2 is 1.61 bits per heavy atom. The lowest BCUT2D eigenvalue weighted by Crippen LogP contribution is -2.53. The second-order valence-corrected chi connectivity index (χ2v) is 8.39. The summed E-state index contributed by atoms with van der Waals surface area (Å²) in [5, 5.41) is 10.9. The van der Waals surface area contributed by atoms with Gasteiger partial charge in [0.05, 0.1) is 0 Å². The third-order valence-electron chi connectivity index (χ3n) is 5.29. The van der Waals surface area contributed by atoms with Crippen LogP contribution in [0.15, 0.2) is 48.5 Å². The van der Waals surface area contributed by atoms with Crippen LogP contribution in [0.2, 0.25) is 0 Å². The van der Waals surface area contributed by atoms with Gasteiger partial charge in [-0.1, -0.05) is 48.5 Å². The molecule has 0 aliphatic heterocycles. The lowest BCUT2D eigenvalue weighted by Gasteiger charge is -2.18. The van der Waals surface area contributed by atoms with Gasteiger partial charge in [0.15, 0.2) is 0 Å². The van der Waals surface area contributed by atoms with Crippen molar-refractivity contribution in [2.75, 3.05) is 18.6 Å². The average Bonchev–Trinajstić information content (AvgIpc) is 3.14. The van der Waals surface area contributed by atoms with Crippen molar-refractivity contribution in [3.05, 3.63) is 59.7 Å². The number of fused-ring (bicyclic) bond motifs is 3. The summed E-state index contributed by atoms with van der Waals surface area (Å²) in [6.07, 6.45) is 1.82. The van der Waals surface area contributed by atoms with Crippen LogP contribution < -0.4 is 16.2 Å². The number of carbonyl (C=O) groups excluding carboxylic acids is 3. The first-order chi connectivity index (χ1) is 15.9. The Hall–Kier alpha value is -3.53. The molecule has 10 heteroatoms. The van der Waals surface area contributed by atoms with Crippen molar-refractivity contribution >= 4 is 35.6 Å². The number of hydrogen-bond donors (Lipinski definition) is 4. The topological polar surface area (TPSA) is 134 Å². The number of rotatable bonds is 8. The third-order valence-corrected chi connectivity index (χ3v) is 5.99. The van der Waals surface area contributed by atoms with Crippen LogP contribution in [0.25, 0.3) is 11.1 Å². The molecule has 33 heavy (non-hydrogen) atoms. The molecule has 2 aromatic rings. The smallest absolute Gasteiger partial charge is 0.426 e. The number of thioether (sulfide) groups is 1. The summed E-state index contributed by atoms with van der Waals surface area (Å²) >= 11 is 1.56. The Morgan fingerprint density at radius 1 is 1.00 bits per heavy atom. The summed E-state index contributed by atoms with van der Waals surface area (Å²) in [6, 6.07) is 14.7. The lowest BCUT2D eigenvalue weighted by atomic mass is 9.98. The zero-order valence-corrected chi connectivity index (χ0v) is 18.8. The van der Waals surface area contributed by atoms with E-state index in [-0.39, 0.29) is 18.9 Å². The number of aliphatic carboxylic acids is 1. The average molecular weight is 472 g/mol. The molecule has 0 fully saturated rings. The predicted octanol–water partition coefficient (Wildman–Crippen LogP) is 2.27. The number of carbonyl (C=O) groups is 4. The van der Waals surface area contributed by atoms with E-state index in [2.05, 4.69) is 16.2 Å². The Morgan fingerprint density at radius 3 is 2.18 bits per heavy atom. The van der Waals surface area contributed by atoms with Gasteiger partial charge in [-0.2, -0.15) is 11.8 Å².